The molecule has 1 heterocycles. The summed E-state index contributed by atoms with van der Waals surface area (Å²) in [6.45, 7) is 10.6. The molecule has 0 unspecified atom stereocenters. The monoisotopic (exact) mass is 395 g/mol. The Kier molecular flexibility index (Phi) is 7.82. The predicted molar refractivity (Wildman–Crippen MR) is 108 cm³/mol. The van der Waals surface area contributed by atoms with Gasteiger partial charge in [0.05, 0.1) is 11.4 Å². The second-order valence-corrected chi connectivity index (χ2v) is 9.87. The molecule has 1 fully saturated rings. The van der Waals surface area contributed by atoms with Gasteiger partial charge >= 0.3 is 0 Å². The zero-order chi connectivity index (χ0) is 20.0. The molecule has 1 atom stereocenters. The van der Waals surface area contributed by atoms with E-state index in [1.807, 2.05) is 30.9 Å². The highest BCUT2D eigenvalue weighted by molar-refractivity contribution is 7.89. The first kappa shape index (κ1) is 21.9. The van der Waals surface area contributed by atoms with Crippen molar-refractivity contribution in [3.63, 3.8) is 0 Å². The van der Waals surface area contributed by atoms with Crippen LogP contribution in [0.25, 0.3) is 0 Å². The maximum absolute atomic E-state index is 12.7. The van der Waals surface area contributed by atoms with E-state index in [1.54, 1.807) is 12.1 Å². The molecule has 1 aliphatic heterocycles. The van der Waals surface area contributed by atoms with Crippen molar-refractivity contribution in [2.24, 2.45) is 5.92 Å². The summed E-state index contributed by atoms with van der Waals surface area (Å²) in [6, 6.07) is 7.11. The Hall–Kier alpha value is -1.44. The lowest BCUT2D eigenvalue weighted by Crippen LogP contribution is -2.51. The number of hydrogen-bond acceptors (Lipinski definition) is 4. The van der Waals surface area contributed by atoms with Crippen LogP contribution in [0.15, 0.2) is 29.2 Å². The lowest BCUT2D eigenvalue weighted by Gasteiger charge is -2.33. The molecule has 0 aromatic heterocycles. The van der Waals surface area contributed by atoms with Crippen LogP contribution < -0.4 is 5.32 Å². The summed E-state index contributed by atoms with van der Waals surface area (Å²) < 4.78 is 27.0. The maximum atomic E-state index is 12.7. The van der Waals surface area contributed by atoms with Crippen molar-refractivity contribution in [2.45, 2.75) is 51.5 Å². The first-order valence-electron chi connectivity index (χ1n) is 9.77. The molecule has 7 heteroatoms. The fourth-order valence-electron chi connectivity index (χ4n) is 3.17. The number of rotatable bonds is 8. The van der Waals surface area contributed by atoms with E-state index in [4.69, 9.17) is 0 Å². The van der Waals surface area contributed by atoms with Crippen LogP contribution in [0.4, 0.5) is 0 Å². The number of amides is 1. The molecule has 152 valence electrons. The average molecular weight is 396 g/mol. The number of aryl methyl sites for hydroxylation is 1. The van der Waals surface area contributed by atoms with E-state index in [2.05, 4.69) is 19.2 Å². The summed E-state index contributed by atoms with van der Waals surface area (Å²) >= 11 is 0. The molecule has 6 nitrogen and oxygen atoms in total. The van der Waals surface area contributed by atoms with Crippen LogP contribution in [0.5, 0.6) is 0 Å². The Morgan fingerprint density at radius 2 is 1.63 bits per heavy atom. The van der Waals surface area contributed by atoms with Gasteiger partial charge in [0.25, 0.3) is 0 Å². The minimum atomic E-state index is -3.46. The van der Waals surface area contributed by atoms with Gasteiger partial charge in [-0.25, -0.2) is 8.42 Å². The van der Waals surface area contributed by atoms with E-state index in [-0.39, 0.29) is 11.9 Å². The third kappa shape index (κ3) is 6.59. The molecule has 1 aromatic rings. The fraction of sp³-hybridized carbons (Fsp3) is 0.650. The highest BCUT2D eigenvalue weighted by atomic mass is 32.2. The molecule has 1 N–H and O–H groups in total. The molecule has 1 aromatic carbocycles. The van der Waals surface area contributed by atoms with Crippen LogP contribution in [0.1, 0.15) is 39.2 Å². The Morgan fingerprint density at radius 3 is 2.19 bits per heavy atom. The predicted octanol–water partition coefficient (Wildman–Crippen LogP) is 2.24. The molecule has 1 amide bonds. The Morgan fingerprint density at radius 1 is 1.04 bits per heavy atom. The van der Waals surface area contributed by atoms with Gasteiger partial charge in [-0.3, -0.25) is 9.69 Å². The number of piperazine rings is 1. The van der Waals surface area contributed by atoms with Gasteiger partial charge in [0.1, 0.15) is 0 Å². The van der Waals surface area contributed by atoms with Gasteiger partial charge in [-0.1, -0.05) is 31.5 Å². The van der Waals surface area contributed by atoms with E-state index in [0.29, 0.717) is 43.5 Å². The second-order valence-electron chi connectivity index (χ2n) is 7.93. The number of nitrogens with zero attached hydrogens (tertiary/aromatic N) is 2. The van der Waals surface area contributed by atoms with Crippen molar-refractivity contribution in [3.8, 4) is 0 Å². The largest absolute Gasteiger partial charge is 0.353 e. The van der Waals surface area contributed by atoms with Crippen LogP contribution in [0, 0.1) is 12.8 Å². The molecule has 1 saturated heterocycles. The molecule has 2 rings (SSSR count). The SMILES string of the molecule is Cc1ccc(S(=O)(=O)N2CCN(CC(=O)N[C@@H](C)CCC(C)C)CC2)cc1. The Bertz CT molecular complexity index is 708. The van der Waals surface area contributed by atoms with Crippen molar-refractivity contribution < 1.29 is 13.2 Å². The van der Waals surface area contributed by atoms with E-state index >= 15 is 0 Å². The van der Waals surface area contributed by atoms with Crippen molar-refractivity contribution in [1.29, 1.82) is 0 Å². The molecule has 1 aliphatic rings. The minimum absolute atomic E-state index is 0.0149. The maximum Gasteiger partial charge on any atom is 0.243 e. The Labute approximate surface area is 164 Å². The van der Waals surface area contributed by atoms with Crippen LogP contribution in [0.2, 0.25) is 0 Å². The normalized spacial score (nSPS) is 17.8. The van der Waals surface area contributed by atoms with Gasteiger partial charge in [-0.2, -0.15) is 4.31 Å². The van der Waals surface area contributed by atoms with E-state index in [9.17, 15) is 13.2 Å². The van der Waals surface area contributed by atoms with E-state index in [1.165, 1.54) is 4.31 Å². The quantitative estimate of drug-likeness (QED) is 0.733. The smallest absolute Gasteiger partial charge is 0.243 e. The van der Waals surface area contributed by atoms with Gasteiger partial charge < -0.3 is 5.32 Å². The summed E-state index contributed by atoms with van der Waals surface area (Å²) in [4.78, 5) is 14.6. The molecular weight excluding hydrogens is 362 g/mol. The van der Waals surface area contributed by atoms with Gasteiger partial charge in [0.15, 0.2) is 0 Å². The molecule has 27 heavy (non-hydrogen) atoms. The summed E-state index contributed by atoms with van der Waals surface area (Å²) in [5.41, 5.74) is 1.03. The first-order chi connectivity index (χ1) is 12.7. The topological polar surface area (TPSA) is 69.7 Å². The van der Waals surface area contributed by atoms with Crippen LogP contribution >= 0.6 is 0 Å². The highest BCUT2D eigenvalue weighted by Gasteiger charge is 2.29. The first-order valence-corrected chi connectivity index (χ1v) is 11.2. The minimum Gasteiger partial charge on any atom is -0.353 e. The Balaban J connectivity index is 1.81. The van der Waals surface area contributed by atoms with Gasteiger partial charge in [-0.15, -0.1) is 0 Å². The van der Waals surface area contributed by atoms with E-state index < -0.39 is 10.0 Å². The zero-order valence-corrected chi connectivity index (χ0v) is 17.8. The molecule has 0 spiro atoms. The van der Waals surface area contributed by atoms with Crippen molar-refractivity contribution in [1.82, 2.24) is 14.5 Å². The number of carbonyl (C=O) groups excluding carboxylic acids is 1. The van der Waals surface area contributed by atoms with Crippen LogP contribution in [-0.2, 0) is 14.8 Å². The molecule has 0 radical (unpaired) electrons. The number of benzene rings is 1. The lowest BCUT2D eigenvalue weighted by molar-refractivity contribution is -0.123. The fourth-order valence-corrected chi connectivity index (χ4v) is 4.59. The third-order valence-electron chi connectivity index (χ3n) is 4.94. The molecule has 0 bridgehead atoms. The standard InChI is InChI=1S/C20H33N3O3S/c1-16(2)5-8-18(4)21-20(24)15-22-11-13-23(14-12-22)27(25,26)19-9-6-17(3)7-10-19/h6-7,9-10,16,18H,5,8,11-15H2,1-4H3,(H,21,24)/t18-/m0/s1. The van der Waals surface area contributed by atoms with Crippen molar-refractivity contribution in [3.05, 3.63) is 29.8 Å². The number of nitrogens with one attached hydrogen (secondary N) is 1. The summed E-state index contributed by atoms with van der Waals surface area (Å²) in [7, 11) is -3.46. The summed E-state index contributed by atoms with van der Waals surface area (Å²) in [5.74, 6) is 0.647. The average Bonchev–Trinajstić information content (AvgIpc) is 2.60. The molecule has 0 saturated carbocycles. The van der Waals surface area contributed by atoms with Gasteiger partial charge in [-0.05, 0) is 44.7 Å². The highest BCUT2D eigenvalue weighted by Crippen LogP contribution is 2.18. The van der Waals surface area contributed by atoms with Crippen LogP contribution in [0.3, 0.4) is 0 Å². The number of hydrogen-bond donors (Lipinski definition) is 1. The number of sulfonamides is 1. The lowest BCUT2D eigenvalue weighted by atomic mass is 10.0. The van der Waals surface area contributed by atoms with Gasteiger partial charge in [0, 0.05) is 32.2 Å². The van der Waals surface area contributed by atoms with Crippen molar-refractivity contribution in [2.75, 3.05) is 32.7 Å². The molecular formula is C20H33N3O3S. The number of carbonyl (C=O) groups is 1. The summed E-state index contributed by atoms with van der Waals surface area (Å²) in [6.07, 6.45) is 2.07. The van der Waals surface area contributed by atoms with Gasteiger partial charge in [0.2, 0.25) is 15.9 Å². The van der Waals surface area contributed by atoms with Crippen LogP contribution in [-0.4, -0.2) is 62.3 Å². The summed E-state index contributed by atoms with van der Waals surface area (Å²) in [5, 5.41) is 3.04. The second kappa shape index (κ2) is 9.66. The van der Waals surface area contributed by atoms with Crippen molar-refractivity contribution >= 4 is 15.9 Å². The third-order valence-corrected chi connectivity index (χ3v) is 6.85. The molecule has 0 aliphatic carbocycles. The van der Waals surface area contributed by atoms with E-state index in [0.717, 1.165) is 18.4 Å². The zero-order valence-electron chi connectivity index (χ0n) is 16.9.